The van der Waals surface area contributed by atoms with Gasteiger partial charge >= 0.3 is 11.9 Å². The van der Waals surface area contributed by atoms with E-state index in [0.717, 1.165) is 27.4 Å². The van der Waals surface area contributed by atoms with Crippen LogP contribution in [0.2, 0.25) is 0 Å². The number of oxazole rings is 1. The predicted molar refractivity (Wildman–Crippen MR) is 110 cm³/mol. The van der Waals surface area contributed by atoms with Crippen molar-refractivity contribution in [1.82, 2.24) is 4.98 Å². The van der Waals surface area contributed by atoms with Crippen molar-refractivity contribution in [2.45, 2.75) is 12.8 Å². The topological polar surface area (TPSA) is 98.9 Å². The highest BCUT2D eigenvalue weighted by Crippen LogP contribution is 2.28. The van der Waals surface area contributed by atoms with Gasteiger partial charge in [-0.3, -0.25) is 9.59 Å². The van der Waals surface area contributed by atoms with Gasteiger partial charge in [0.2, 0.25) is 5.89 Å². The lowest BCUT2D eigenvalue weighted by Crippen LogP contribution is -2.12. The van der Waals surface area contributed by atoms with Crippen LogP contribution in [0.15, 0.2) is 65.1 Å². The molecule has 0 unspecified atom stereocenters. The summed E-state index contributed by atoms with van der Waals surface area (Å²) in [4.78, 5) is 26.1. The number of aliphatic carboxylic acids is 1. The van der Waals surface area contributed by atoms with Crippen LogP contribution in [0.25, 0.3) is 33.3 Å². The molecule has 0 fully saturated rings. The van der Waals surface area contributed by atoms with Crippen LogP contribution < -0.4 is 4.74 Å². The predicted octanol–water partition coefficient (Wildman–Crippen LogP) is 4.43. The van der Waals surface area contributed by atoms with E-state index in [1.54, 1.807) is 0 Å². The van der Waals surface area contributed by atoms with Gasteiger partial charge in [-0.05, 0) is 47.2 Å². The minimum absolute atomic E-state index is 0.119. The Kier molecular flexibility index (Phi) is 5.61. The number of esters is 1. The largest absolute Gasteiger partial charge is 0.493 e. The molecule has 0 spiro atoms. The Morgan fingerprint density at radius 1 is 0.967 bits per heavy atom. The second-order valence-electron chi connectivity index (χ2n) is 6.70. The summed E-state index contributed by atoms with van der Waals surface area (Å²) in [6.07, 6.45) is -0.156. The van der Waals surface area contributed by atoms with E-state index in [1.165, 1.54) is 0 Å². The Morgan fingerprint density at radius 3 is 2.60 bits per heavy atom. The number of para-hydroxylation sites is 2. The molecular formula is C23H19NO6. The van der Waals surface area contributed by atoms with Gasteiger partial charge in [0.15, 0.2) is 5.58 Å². The van der Waals surface area contributed by atoms with Gasteiger partial charge < -0.3 is 19.0 Å². The molecule has 3 aromatic carbocycles. The average Bonchev–Trinajstić information content (AvgIpc) is 3.17. The SMILES string of the molecule is O=C(O)CC(=O)OCCCOc1ccc2cc(-c3nc4ccccc4o3)ccc2c1. The monoisotopic (exact) mass is 405 g/mol. The van der Waals surface area contributed by atoms with E-state index in [1.807, 2.05) is 60.7 Å². The fraction of sp³-hybridized carbons (Fsp3) is 0.174. The smallest absolute Gasteiger partial charge is 0.317 e. The first-order chi connectivity index (χ1) is 14.6. The lowest BCUT2D eigenvalue weighted by molar-refractivity contribution is -0.151. The summed E-state index contributed by atoms with van der Waals surface area (Å²) in [5.74, 6) is -0.667. The lowest BCUT2D eigenvalue weighted by atomic mass is 10.1. The maximum atomic E-state index is 11.2. The van der Waals surface area contributed by atoms with E-state index in [0.29, 0.717) is 24.7 Å². The molecule has 0 amide bonds. The minimum atomic E-state index is -1.20. The Hall–Kier alpha value is -3.87. The van der Waals surface area contributed by atoms with Crippen LogP contribution >= 0.6 is 0 Å². The highest BCUT2D eigenvalue weighted by Gasteiger charge is 2.10. The van der Waals surface area contributed by atoms with Gasteiger partial charge in [0.25, 0.3) is 0 Å². The first-order valence-electron chi connectivity index (χ1n) is 9.48. The Morgan fingerprint density at radius 2 is 1.77 bits per heavy atom. The van der Waals surface area contributed by atoms with Crippen LogP contribution in [0, 0.1) is 0 Å². The molecule has 0 radical (unpaired) electrons. The molecule has 0 bridgehead atoms. The molecule has 0 aliphatic rings. The molecule has 1 N–H and O–H groups in total. The van der Waals surface area contributed by atoms with Crippen molar-refractivity contribution in [3.8, 4) is 17.2 Å². The van der Waals surface area contributed by atoms with Gasteiger partial charge in [-0.15, -0.1) is 0 Å². The molecule has 4 aromatic rings. The molecule has 30 heavy (non-hydrogen) atoms. The van der Waals surface area contributed by atoms with Crippen molar-refractivity contribution in [3.05, 3.63) is 60.7 Å². The second-order valence-corrected chi connectivity index (χ2v) is 6.70. The molecule has 0 saturated carbocycles. The van der Waals surface area contributed by atoms with Gasteiger partial charge in [0.05, 0.1) is 13.2 Å². The molecular weight excluding hydrogens is 386 g/mol. The van der Waals surface area contributed by atoms with Gasteiger partial charge in [-0.1, -0.05) is 24.3 Å². The van der Waals surface area contributed by atoms with E-state index in [-0.39, 0.29) is 6.61 Å². The summed E-state index contributed by atoms with van der Waals surface area (Å²) in [5.41, 5.74) is 2.48. The van der Waals surface area contributed by atoms with Crippen LogP contribution in [-0.2, 0) is 14.3 Å². The number of nitrogens with zero attached hydrogens (tertiary/aromatic N) is 1. The maximum absolute atomic E-state index is 11.2. The fourth-order valence-electron chi connectivity index (χ4n) is 3.05. The van der Waals surface area contributed by atoms with Crippen molar-refractivity contribution in [2.75, 3.05) is 13.2 Å². The number of fused-ring (bicyclic) bond motifs is 2. The van der Waals surface area contributed by atoms with Crippen molar-refractivity contribution in [2.24, 2.45) is 0 Å². The zero-order valence-corrected chi connectivity index (χ0v) is 16.0. The molecule has 4 rings (SSSR count). The van der Waals surface area contributed by atoms with Crippen molar-refractivity contribution in [1.29, 1.82) is 0 Å². The van der Waals surface area contributed by atoms with Gasteiger partial charge in [0, 0.05) is 12.0 Å². The van der Waals surface area contributed by atoms with E-state index >= 15 is 0 Å². The Bertz CT molecular complexity index is 1180. The Balaban J connectivity index is 1.37. The summed E-state index contributed by atoms with van der Waals surface area (Å²) >= 11 is 0. The Labute approximate surface area is 171 Å². The minimum Gasteiger partial charge on any atom is -0.493 e. The highest BCUT2D eigenvalue weighted by molar-refractivity contribution is 5.90. The van der Waals surface area contributed by atoms with Crippen molar-refractivity contribution in [3.63, 3.8) is 0 Å². The molecule has 0 aliphatic carbocycles. The van der Waals surface area contributed by atoms with Gasteiger partial charge in [0.1, 0.15) is 17.7 Å². The third kappa shape index (κ3) is 4.57. The molecule has 0 atom stereocenters. The van der Waals surface area contributed by atoms with E-state index < -0.39 is 18.4 Å². The zero-order valence-electron chi connectivity index (χ0n) is 16.0. The normalized spacial score (nSPS) is 10.9. The third-order valence-corrected chi connectivity index (χ3v) is 4.47. The zero-order chi connectivity index (χ0) is 20.9. The van der Waals surface area contributed by atoms with E-state index in [4.69, 9.17) is 19.0 Å². The standard InChI is InChI=1S/C23H19NO6/c25-21(26)14-22(27)29-11-3-10-28-18-9-8-15-12-17(7-6-16(15)13-18)23-24-19-4-1-2-5-20(19)30-23/h1-2,4-9,12-13H,3,10-11,14H2,(H,25,26). The highest BCUT2D eigenvalue weighted by atomic mass is 16.5. The lowest BCUT2D eigenvalue weighted by Gasteiger charge is -2.08. The van der Waals surface area contributed by atoms with Gasteiger partial charge in [-0.25, -0.2) is 4.98 Å². The summed E-state index contributed by atoms with van der Waals surface area (Å²) in [5, 5.41) is 10.5. The van der Waals surface area contributed by atoms with Crippen LogP contribution in [0.4, 0.5) is 0 Å². The summed E-state index contributed by atoms with van der Waals surface area (Å²) in [6.45, 7) is 0.473. The first-order valence-corrected chi connectivity index (χ1v) is 9.48. The number of ether oxygens (including phenoxy) is 2. The van der Waals surface area contributed by atoms with E-state index in [2.05, 4.69) is 4.98 Å². The first kappa shape index (κ1) is 19.4. The van der Waals surface area contributed by atoms with Crippen LogP contribution in [0.1, 0.15) is 12.8 Å². The number of carbonyl (C=O) groups excluding carboxylic acids is 1. The number of hydrogen-bond donors (Lipinski definition) is 1. The second kappa shape index (κ2) is 8.65. The average molecular weight is 405 g/mol. The molecule has 0 aliphatic heterocycles. The molecule has 1 heterocycles. The number of carbonyl (C=O) groups is 2. The summed E-state index contributed by atoms with van der Waals surface area (Å²) < 4.78 is 16.4. The van der Waals surface area contributed by atoms with Crippen LogP contribution in [-0.4, -0.2) is 35.2 Å². The fourth-order valence-corrected chi connectivity index (χ4v) is 3.05. The number of aromatic nitrogens is 1. The third-order valence-electron chi connectivity index (χ3n) is 4.47. The van der Waals surface area contributed by atoms with Crippen LogP contribution in [0.5, 0.6) is 5.75 Å². The quantitative estimate of drug-likeness (QED) is 0.263. The van der Waals surface area contributed by atoms with Crippen molar-refractivity contribution < 1.29 is 28.6 Å². The molecule has 1 aromatic heterocycles. The number of carboxylic acids is 1. The summed E-state index contributed by atoms with van der Waals surface area (Å²) in [7, 11) is 0. The van der Waals surface area contributed by atoms with Crippen LogP contribution in [0.3, 0.4) is 0 Å². The number of benzene rings is 3. The number of rotatable bonds is 8. The van der Waals surface area contributed by atoms with E-state index in [9.17, 15) is 9.59 Å². The molecule has 7 heteroatoms. The summed E-state index contributed by atoms with van der Waals surface area (Å²) in [6, 6.07) is 19.4. The molecule has 7 nitrogen and oxygen atoms in total. The van der Waals surface area contributed by atoms with Crippen molar-refractivity contribution >= 4 is 33.8 Å². The molecule has 0 saturated heterocycles. The van der Waals surface area contributed by atoms with Gasteiger partial charge in [-0.2, -0.15) is 0 Å². The molecule has 152 valence electrons. The maximum Gasteiger partial charge on any atom is 0.317 e. The number of hydrogen-bond acceptors (Lipinski definition) is 6. The number of carboxylic acid groups (broad SMARTS) is 1.